The molecule has 0 spiro atoms. The molecule has 2 unspecified atom stereocenters. The van der Waals surface area contributed by atoms with E-state index in [-0.39, 0.29) is 34.9 Å². The third-order valence-corrected chi connectivity index (χ3v) is 7.31. The summed E-state index contributed by atoms with van der Waals surface area (Å²) >= 11 is 0. The lowest BCUT2D eigenvalue weighted by atomic mass is 9.64. The van der Waals surface area contributed by atoms with Crippen LogP contribution in [-0.2, 0) is 9.47 Å². The lowest BCUT2D eigenvalue weighted by Gasteiger charge is -2.52. The van der Waals surface area contributed by atoms with Crippen molar-refractivity contribution in [1.82, 2.24) is 15.5 Å². The maximum Gasteiger partial charge on any atom is 0.191 e. The van der Waals surface area contributed by atoms with Gasteiger partial charge in [0.15, 0.2) is 5.96 Å². The lowest BCUT2D eigenvalue weighted by molar-refractivity contribution is -0.113. The number of ether oxygens (including phenoxy) is 2. The second-order valence-electron chi connectivity index (χ2n) is 9.42. The molecule has 2 saturated heterocycles. The molecule has 7 heteroatoms. The fourth-order valence-electron chi connectivity index (χ4n) is 4.94. The standard InChI is InChI=1S/C22H42N4O2.HI/c1-5-6-13-28-19-16-18(21(19,2)3)25-20(23-4)24-17-22(9-14-27-15-10-22)26-11-7-8-12-26;/h18-19H,5-17H2,1-4H3,(H2,23,24,25);1H. The molecule has 0 aromatic rings. The van der Waals surface area contributed by atoms with Gasteiger partial charge in [0.2, 0.25) is 0 Å². The second-order valence-corrected chi connectivity index (χ2v) is 9.42. The number of hydrogen-bond donors (Lipinski definition) is 2. The highest BCUT2D eigenvalue weighted by atomic mass is 127. The van der Waals surface area contributed by atoms with Gasteiger partial charge in [-0.1, -0.05) is 27.2 Å². The first-order chi connectivity index (χ1) is 13.5. The minimum Gasteiger partial charge on any atom is -0.381 e. The van der Waals surface area contributed by atoms with Gasteiger partial charge in [0.25, 0.3) is 0 Å². The van der Waals surface area contributed by atoms with Crippen LogP contribution in [0, 0.1) is 5.41 Å². The molecule has 29 heavy (non-hydrogen) atoms. The first kappa shape index (κ1) is 25.1. The van der Waals surface area contributed by atoms with Crippen LogP contribution >= 0.6 is 24.0 Å². The number of likely N-dealkylation sites (tertiary alicyclic amines) is 1. The largest absolute Gasteiger partial charge is 0.381 e. The summed E-state index contributed by atoms with van der Waals surface area (Å²) in [6.07, 6.45) is 8.62. The fraction of sp³-hybridized carbons (Fsp3) is 0.955. The molecule has 1 aliphatic carbocycles. The van der Waals surface area contributed by atoms with Crippen molar-refractivity contribution in [2.45, 2.75) is 83.4 Å². The van der Waals surface area contributed by atoms with Crippen LogP contribution in [0.5, 0.6) is 0 Å². The SMILES string of the molecule is CCCCOC1CC(NC(=NC)NCC2(N3CCCC3)CCOCC2)C1(C)C.I. The van der Waals surface area contributed by atoms with Crippen LogP contribution in [0.1, 0.15) is 65.7 Å². The summed E-state index contributed by atoms with van der Waals surface area (Å²) in [7, 11) is 1.88. The lowest BCUT2D eigenvalue weighted by Crippen LogP contribution is -2.65. The van der Waals surface area contributed by atoms with Crippen molar-refractivity contribution in [1.29, 1.82) is 0 Å². The van der Waals surface area contributed by atoms with Gasteiger partial charge in [-0.2, -0.15) is 0 Å². The molecule has 3 aliphatic rings. The van der Waals surface area contributed by atoms with Crippen LogP contribution in [0.25, 0.3) is 0 Å². The van der Waals surface area contributed by atoms with Crippen molar-refractivity contribution in [2.24, 2.45) is 10.4 Å². The number of unbranched alkanes of at least 4 members (excludes halogenated alkanes) is 1. The maximum atomic E-state index is 6.10. The second kappa shape index (κ2) is 11.5. The van der Waals surface area contributed by atoms with Crippen molar-refractivity contribution >= 4 is 29.9 Å². The number of nitrogens with zero attached hydrogens (tertiary/aromatic N) is 2. The van der Waals surface area contributed by atoms with Crippen LogP contribution in [0.3, 0.4) is 0 Å². The van der Waals surface area contributed by atoms with E-state index in [2.05, 4.69) is 41.3 Å². The van der Waals surface area contributed by atoms with Gasteiger partial charge in [0.05, 0.1) is 6.10 Å². The maximum absolute atomic E-state index is 6.10. The number of halogens is 1. The van der Waals surface area contributed by atoms with Gasteiger partial charge in [-0.05, 0) is 51.6 Å². The van der Waals surface area contributed by atoms with Crippen molar-refractivity contribution in [3.63, 3.8) is 0 Å². The van der Waals surface area contributed by atoms with E-state index in [4.69, 9.17) is 9.47 Å². The normalized spacial score (nSPS) is 29.0. The number of rotatable bonds is 8. The van der Waals surface area contributed by atoms with Gasteiger partial charge >= 0.3 is 0 Å². The molecule has 0 amide bonds. The van der Waals surface area contributed by atoms with E-state index in [9.17, 15) is 0 Å². The van der Waals surface area contributed by atoms with Gasteiger partial charge in [-0.25, -0.2) is 0 Å². The summed E-state index contributed by atoms with van der Waals surface area (Å²) in [5.74, 6) is 0.926. The first-order valence-electron chi connectivity index (χ1n) is 11.4. The third kappa shape index (κ3) is 5.98. The summed E-state index contributed by atoms with van der Waals surface area (Å²) in [5, 5.41) is 7.33. The smallest absolute Gasteiger partial charge is 0.191 e. The molecule has 3 rings (SSSR count). The molecule has 2 aliphatic heterocycles. The summed E-state index contributed by atoms with van der Waals surface area (Å²) in [6.45, 7) is 12.8. The number of nitrogens with one attached hydrogen (secondary N) is 2. The molecule has 2 atom stereocenters. The van der Waals surface area contributed by atoms with Gasteiger partial charge < -0.3 is 20.1 Å². The summed E-state index contributed by atoms with van der Waals surface area (Å²) in [5.41, 5.74) is 0.351. The highest BCUT2D eigenvalue weighted by Gasteiger charge is 2.49. The van der Waals surface area contributed by atoms with E-state index < -0.39 is 0 Å². The Morgan fingerprint density at radius 3 is 2.48 bits per heavy atom. The summed E-state index contributed by atoms with van der Waals surface area (Å²) < 4.78 is 11.8. The third-order valence-electron chi connectivity index (χ3n) is 7.31. The Labute approximate surface area is 195 Å². The summed E-state index contributed by atoms with van der Waals surface area (Å²) in [6, 6.07) is 0.405. The van der Waals surface area contributed by atoms with Gasteiger partial charge in [-0.15, -0.1) is 24.0 Å². The predicted octanol–water partition coefficient (Wildman–Crippen LogP) is 3.40. The fourth-order valence-corrected chi connectivity index (χ4v) is 4.94. The molecule has 0 aromatic heterocycles. The van der Waals surface area contributed by atoms with E-state index in [0.29, 0.717) is 12.1 Å². The Bertz CT molecular complexity index is 517. The zero-order valence-corrected chi connectivity index (χ0v) is 21.3. The Balaban J connectivity index is 0.00000300. The highest BCUT2D eigenvalue weighted by Crippen LogP contribution is 2.42. The minimum atomic E-state index is 0. The van der Waals surface area contributed by atoms with E-state index in [1.165, 1.54) is 32.4 Å². The zero-order chi connectivity index (χ0) is 20.0. The minimum absolute atomic E-state index is 0. The zero-order valence-electron chi connectivity index (χ0n) is 19.0. The summed E-state index contributed by atoms with van der Waals surface area (Å²) in [4.78, 5) is 7.22. The topological polar surface area (TPSA) is 58.1 Å². The van der Waals surface area contributed by atoms with Crippen LogP contribution < -0.4 is 10.6 Å². The van der Waals surface area contributed by atoms with E-state index in [1.807, 2.05) is 7.05 Å². The number of guanidine groups is 1. The average Bonchev–Trinajstić information content (AvgIpc) is 3.25. The van der Waals surface area contributed by atoms with Crippen LogP contribution in [0.4, 0.5) is 0 Å². The molecule has 0 aromatic carbocycles. The van der Waals surface area contributed by atoms with E-state index in [0.717, 1.165) is 58.0 Å². The molecule has 2 heterocycles. The quantitative estimate of drug-likeness (QED) is 0.222. The Kier molecular flexibility index (Phi) is 9.96. The molecule has 6 nitrogen and oxygen atoms in total. The Morgan fingerprint density at radius 2 is 1.90 bits per heavy atom. The van der Waals surface area contributed by atoms with Crippen LogP contribution in [0.15, 0.2) is 4.99 Å². The monoisotopic (exact) mass is 522 g/mol. The molecule has 2 N–H and O–H groups in total. The number of hydrogen-bond acceptors (Lipinski definition) is 4. The molecule has 170 valence electrons. The molecule has 0 bridgehead atoms. The van der Waals surface area contributed by atoms with Gasteiger partial charge in [0, 0.05) is 50.4 Å². The molecule has 0 radical (unpaired) electrons. The number of aliphatic imine (C=N–C) groups is 1. The van der Waals surface area contributed by atoms with Gasteiger partial charge in [-0.3, -0.25) is 9.89 Å². The molecule has 3 fully saturated rings. The Morgan fingerprint density at radius 1 is 1.21 bits per heavy atom. The predicted molar refractivity (Wildman–Crippen MR) is 130 cm³/mol. The van der Waals surface area contributed by atoms with Crippen molar-refractivity contribution in [2.75, 3.05) is 46.5 Å². The van der Waals surface area contributed by atoms with E-state index >= 15 is 0 Å². The van der Waals surface area contributed by atoms with Crippen LogP contribution in [-0.4, -0.2) is 75.0 Å². The van der Waals surface area contributed by atoms with Crippen molar-refractivity contribution in [3.8, 4) is 0 Å². The van der Waals surface area contributed by atoms with Crippen LogP contribution in [0.2, 0.25) is 0 Å². The van der Waals surface area contributed by atoms with E-state index in [1.54, 1.807) is 0 Å². The molecular weight excluding hydrogens is 479 g/mol. The average molecular weight is 523 g/mol. The van der Waals surface area contributed by atoms with Crippen molar-refractivity contribution < 1.29 is 9.47 Å². The van der Waals surface area contributed by atoms with Crippen molar-refractivity contribution in [3.05, 3.63) is 0 Å². The Hall–Kier alpha value is -0.120. The molecule has 1 saturated carbocycles. The molecular formula is C22H43IN4O2. The first-order valence-corrected chi connectivity index (χ1v) is 11.4. The highest BCUT2D eigenvalue weighted by molar-refractivity contribution is 14.0. The van der Waals surface area contributed by atoms with Gasteiger partial charge in [0.1, 0.15) is 0 Å².